The van der Waals surface area contributed by atoms with Crippen LogP contribution in [0.2, 0.25) is 0 Å². The first kappa shape index (κ1) is 12.6. The number of halogens is 1. The van der Waals surface area contributed by atoms with Gasteiger partial charge >= 0.3 is 25.8 Å². The average molecular weight is 371 g/mol. The molecule has 0 aliphatic rings. The van der Waals surface area contributed by atoms with Gasteiger partial charge in [-0.05, 0) is 40.1 Å². The molecule has 0 fully saturated rings. The van der Waals surface area contributed by atoms with Crippen molar-refractivity contribution in [1.29, 1.82) is 0 Å². The van der Waals surface area contributed by atoms with Gasteiger partial charge in [-0.15, -0.1) is 0 Å². The van der Waals surface area contributed by atoms with Crippen LogP contribution in [-0.4, -0.2) is 30.9 Å². The van der Waals surface area contributed by atoms with Gasteiger partial charge in [-0.25, -0.2) is 4.79 Å². The molecule has 0 heterocycles. The molecule has 4 heteroatoms. The molecule has 0 atom stereocenters. The van der Waals surface area contributed by atoms with Crippen molar-refractivity contribution in [1.82, 2.24) is 0 Å². The summed E-state index contributed by atoms with van der Waals surface area (Å²) in [5.74, 6) is -0.875. The minimum absolute atomic E-state index is 0. The van der Waals surface area contributed by atoms with Gasteiger partial charge in [-0.1, -0.05) is 24.3 Å². The van der Waals surface area contributed by atoms with Gasteiger partial charge in [-0.3, -0.25) is 0 Å². The van der Waals surface area contributed by atoms with E-state index in [4.69, 9.17) is 5.11 Å². The molecule has 1 N–H and O–H groups in total. The third-order valence-electron chi connectivity index (χ3n) is 2.08. The number of carboxylic acid groups (broad SMARTS) is 1. The summed E-state index contributed by atoms with van der Waals surface area (Å²) < 4.78 is 0.970. The van der Waals surface area contributed by atoms with Crippen LogP contribution >= 0.6 is 22.6 Å². The fourth-order valence-electron chi connectivity index (χ4n) is 1.47. The Morgan fingerprint density at radius 2 is 1.73 bits per heavy atom. The van der Waals surface area contributed by atoms with Crippen molar-refractivity contribution >= 4 is 59.1 Å². The van der Waals surface area contributed by atoms with Gasteiger partial charge in [0.2, 0.25) is 0 Å². The van der Waals surface area contributed by atoms with Crippen LogP contribution in [0.4, 0.5) is 0 Å². The molecule has 0 saturated heterocycles. The second kappa shape index (κ2) is 5.04. The summed E-state index contributed by atoms with van der Waals surface area (Å²) in [7, 11) is 0. The molecule has 0 aliphatic heterocycles. The Morgan fingerprint density at radius 1 is 1.13 bits per heavy atom. The van der Waals surface area contributed by atoms with E-state index in [2.05, 4.69) is 22.6 Å². The van der Waals surface area contributed by atoms with E-state index < -0.39 is 5.97 Å². The summed E-state index contributed by atoms with van der Waals surface area (Å²) in [6.45, 7) is 0. The molecule has 2 nitrogen and oxygen atoms in total. The Hall–Kier alpha value is -0.464. The van der Waals surface area contributed by atoms with E-state index in [1.54, 1.807) is 12.1 Å². The van der Waals surface area contributed by atoms with Crippen molar-refractivity contribution < 1.29 is 9.90 Å². The Kier molecular flexibility index (Phi) is 4.24. The molecule has 0 radical (unpaired) electrons. The second-order valence-electron chi connectivity index (χ2n) is 2.95. The zero-order chi connectivity index (χ0) is 10.1. The third kappa shape index (κ3) is 2.38. The van der Waals surface area contributed by atoms with Crippen LogP contribution in [0, 0.1) is 3.57 Å². The standard InChI is InChI=1S/C11H7IO2.Ga.3H/c12-9-6-2-4-7-3-1-5-8(10(7)9)11(13)14;;;;/h1-6H,(H,13,14);;;;. The van der Waals surface area contributed by atoms with Crippen molar-refractivity contribution in [3.8, 4) is 0 Å². The molecular weight excluding hydrogens is 361 g/mol. The topological polar surface area (TPSA) is 37.3 Å². The predicted octanol–water partition coefficient (Wildman–Crippen LogP) is 1.96. The number of rotatable bonds is 1. The number of benzene rings is 2. The molecule has 0 saturated carbocycles. The maximum atomic E-state index is 11.0. The third-order valence-corrected chi connectivity index (χ3v) is 2.98. The molecule has 2 aromatic rings. The number of hydrogen-bond donors (Lipinski definition) is 1. The second-order valence-corrected chi connectivity index (χ2v) is 4.11. The van der Waals surface area contributed by atoms with Crippen molar-refractivity contribution in [2.75, 3.05) is 0 Å². The number of hydrogen-bond acceptors (Lipinski definition) is 1. The average Bonchev–Trinajstić information content (AvgIpc) is 2.17. The molecular formula is C11H10GaIO2. The molecule has 2 aromatic carbocycles. The van der Waals surface area contributed by atoms with Crippen molar-refractivity contribution in [2.45, 2.75) is 0 Å². The van der Waals surface area contributed by atoms with Crippen LogP contribution in [0.5, 0.6) is 0 Å². The molecule has 76 valence electrons. The van der Waals surface area contributed by atoms with Gasteiger partial charge in [0.1, 0.15) is 0 Å². The van der Waals surface area contributed by atoms with E-state index in [0.29, 0.717) is 5.56 Å². The fraction of sp³-hybridized carbons (Fsp3) is 0. The number of aromatic carboxylic acids is 1. The summed E-state index contributed by atoms with van der Waals surface area (Å²) in [5.41, 5.74) is 0.368. The Labute approximate surface area is 114 Å². The summed E-state index contributed by atoms with van der Waals surface area (Å²) in [6, 6.07) is 11.1. The first-order valence-corrected chi connectivity index (χ1v) is 5.18. The summed E-state index contributed by atoms with van der Waals surface area (Å²) in [4.78, 5) is 11.0. The first-order valence-electron chi connectivity index (χ1n) is 4.10. The quantitative estimate of drug-likeness (QED) is 0.615. The van der Waals surface area contributed by atoms with Crippen molar-refractivity contribution in [3.63, 3.8) is 0 Å². The summed E-state index contributed by atoms with van der Waals surface area (Å²) in [6.07, 6.45) is 0. The Bertz CT molecular complexity index is 506. The zero-order valence-electron chi connectivity index (χ0n) is 7.20. The van der Waals surface area contributed by atoms with Crippen LogP contribution in [0.25, 0.3) is 10.8 Å². The van der Waals surface area contributed by atoms with Crippen molar-refractivity contribution in [3.05, 3.63) is 45.5 Å². The minimum atomic E-state index is -0.875. The molecule has 0 spiro atoms. The van der Waals surface area contributed by atoms with Gasteiger partial charge in [0.05, 0.1) is 5.56 Å². The summed E-state index contributed by atoms with van der Waals surface area (Å²) in [5, 5.41) is 10.8. The molecule has 0 bridgehead atoms. The monoisotopic (exact) mass is 370 g/mol. The number of carboxylic acids is 1. The van der Waals surface area contributed by atoms with Crippen LogP contribution in [0.1, 0.15) is 10.4 Å². The van der Waals surface area contributed by atoms with Crippen LogP contribution in [-0.2, 0) is 0 Å². The number of fused-ring (bicyclic) bond motifs is 1. The summed E-state index contributed by atoms with van der Waals surface area (Å²) >= 11 is 2.15. The van der Waals surface area contributed by atoms with E-state index in [0.717, 1.165) is 14.3 Å². The molecule has 15 heavy (non-hydrogen) atoms. The Morgan fingerprint density at radius 3 is 2.33 bits per heavy atom. The van der Waals surface area contributed by atoms with Gasteiger partial charge in [-0.2, -0.15) is 0 Å². The van der Waals surface area contributed by atoms with E-state index in [9.17, 15) is 4.79 Å². The molecule has 0 aromatic heterocycles. The fourth-order valence-corrected chi connectivity index (χ4v) is 2.28. The predicted molar refractivity (Wildman–Crippen MR) is 73.6 cm³/mol. The molecule has 0 unspecified atom stereocenters. The van der Waals surface area contributed by atoms with Crippen LogP contribution in [0.15, 0.2) is 36.4 Å². The first-order chi connectivity index (χ1) is 6.70. The Balaban J connectivity index is 0.00000112. The van der Waals surface area contributed by atoms with Crippen LogP contribution in [0.3, 0.4) is 0 Å². The van der Waals surface area contributed by atoms with Crippen LogP contribution < -0.4 is 0 Å². The van der Waals surface area contributed by atoms with Gasteiger partial charge in [0.25, 0.3) is 0 Å². The van der Waals surface area contributed by atoms with Gasteiger partial charge in [0.15, 0.2) is 0 Å². The van der Waals surface area contributed by atoms with E-state index in [-0.39, 0.29) is 19.8 Å². The SMILES string of the molecule is O=C(O)c1cccc2cccc(I)c12.[GaH3]. The molecule has 0 aliphatic carbocycles. The maximum absolute atomic E-state index is 11.0. The molecule has 0 amide bonds. The van der Waals surface area contributed by atoms with Gasteiger partial charge in [0, 0.05) is 8.96 Å². The molecule has 2 rings (SSSR count). The number of carbonyl (C=O) groups is 1. The van der Waals surface area contributed by atoms with Crippen molar-refractivity contribution in [2.24, 2.45) is 0 Å². The zero-order valence-corrected chi connectivity index (χ0v) is 9.36. The van der Waals surface area contributed by atoms with Gasteiger partial charge < -0.3 is 5.11 Å². The van der Waals surface area contributed by atoms with E-state index >= 15 is 0 Å². The normalized spacial score (nSPS) is 9.67. The van der Waals surface area contributed by atoms with E-state index in [1.807, 2.05) is 24.3 Å². The van der Waals surface area contributed by atoms with E-state index in [1.165, 1.54) is 0 Å².